The molecule has 0 heterocycles. The third-order valence-corrected chi connectivity index (χ3v) is 6.73. The molecule has 0 aliphatic heterocycles. The first-order valence-electron chi connectivity index (χ1n) is 11.5. The number of nitrogens with one attached hydrogen (secondary N) is 2. The van der Waals surface area contributed by atoms with Crippen LogP contribution in [0.3, 0.4) is 0 Å². The van der Waals surface area contributed by atoms with Crippen molar-refractivity contribution in [2.75, 3.05) is 11.6 Å². The number of hydrogen-bond acceptors (Lipinski definition) is 7. The summed E-state index contributed by atoms with van der Waals surface area (Å²) >= 11 is 0. The zero-order chi connectivity index (χ0) is 24.4. The number of carbonyl (C=O) groups is 2. The molecular formula is C23H36N2O7S. The molecule has 0 bridgehead atoms. The fraction of sp³-hybridized carbons (Fsp3) is 0.652. The van der Waals surface area contributed by atoms with E-state index in [2.05, 4.69) is 5.32 Å². The van der Waals surface area contributed by atoms with E-state index in [1.54, 1.807) is 24.3 Å². The molecule has 0 radical (unpaired) electrons. The van der Waals surface area contributed by atoms with Crippen molar-refractivity contribution in [1.82, 2.24) is 4.72 Å². The highest BCUT2D eigenvalue weighted by atomic mass is 32.2. The van der Waals surface area contributed by atoms with E-state index >= 15 is 0 Å². The number of para-hydroxylation sites is 1. The zero-order valence-electron chi connectivity index (χ0n) is 19.0. The van der Waals surface area contributed by atoms with Crippen LogP contribution in [-0.4, -0.2) is 60.1 Å². The highest BCUT2D eigenvalue weighted by Gasteiger charge is 2.41. The average molecular weight is 485 g/mol. The lowest BCUT2D eigenvalue weighted by Crippen LogP contribution is -2.30. The van der Waals surface area contributed by atoms with Crippen LogP contribution in [0.25, 0.3) is 0 Å². The molecule has 9 nitrogen and oxygen atoms in total. The standard InChI is InChI=1S/C23H36N2O7S/c1-33(31,32)25-22(29)12-8-3-2-7-11-17-18(21(28)15-20(17)27)13-14-19(26)23(30)24-16-9-5-4-6-10-16/h4-6,9-10,17-21,26-28H,2-3,7-8,11-15H2,1H3,(H,24,30)(H,25,29)/t17-,18-,19?,20+,21-/m1/s1. The van der Waals surface area contributed by atoms with Crippen molar-refractivity contribution in [1.29, 1.82) is 0 Å². The van der Waals surface area contributed by atoms with Crippen molar-refractivity contribution in [3.63, 3.8) is 0 Å². The Bertz CT molecular complexity index is 863. The second-order valence-electron chi connectivity index (χ2n) is 8.90. The molecule has 5 atom stereocenters. The van der Waals surface area contributed by atoms with E-state index in [9.17, 15) is 33.3 Å². The van der Waals surface area contributed by atoms with Crippen LogP contribution in [0.4, 0.5) is 5.69 Å². The van der Waals surface area contributed by atoms with E-state index in [4.69, 9.17) is 0 Å². The molecule has 5 N–H and O–H groups in total. The smallest absolute Gasteiger partial charge is 0.253 e. The summed E-state index contributed by atoms with van der Waals surface area (Å²) in [7, 11) is -3.53. The minimum Gasteiger partial charge on any atom is -0.393 e. The summed E-state index contributed by atoms with van der Waals surface area (Å²) in [6, 6.07) is 8.86. The Labute approximate surface area is 195 Å². The number of unbranched alkanes of at least 4 members (excludes halogenated alkanes) is 3. The monoisotopic (exact) mass is 484 g/mol. The van der Waals surface area contributed by atoms with Crippen LogP contribution in [0.1, 0.15) is 57.8 Å². The summed E-state index contributed by atoms with van der Waals surface area (Å²) in [5.74, 6) is -1.31. The number of anilines is 1. The summed E-state index contributed by atoms with van der Waals surface area (Å²) < 4.78 is 24.0. The van der Waals surface area contributed by atoms with Gasteiger partial charge >= 0.3 is 0 Å². The Balaban J connectivity index is 1.71. The Morgan fingerprint density at radius 2 is 1.61 bits per heavy atom. The van der Waals surface area contributed by atoms with Gasteiger partial charge in [-0.05, 0) is 56.1 Å². The molecule has 1 unspecified atom stereocenters. The molecular weight excluding hydrogens is 448 g/mol. The number of aliphatic hydroxyl groups is 3. The highest BCUT2D eigenvalue weighted by molar-refractivity contribution is 7.89. The summed E-state index contributed by atoms with van der Waals surface area (Å²) in [5.41, 5.74) is 0.601. The minimum absolute atomic E-state index is 0.113. The molecule has 186 valence electrons. The topological polar surface area (TPSA) is 153 Å². The number of amides is 2. The number of sulfonamides is 1. The Hall–Kier alpha value is -2.01. The molecule has 10 heteroatoms. The van der Waals surface area contributed by atoms with Crippen molar-refractivity contribution < 1.29 is 33.3 Å². The fourth-order valence-corrected chi connectivity index (χ4v) is 5.00. The van der Waals surface area contributed by atoms with E-state index in [0.717, 1.165) is 25.5 Å². The van der Waals surface area contributed by atoms with Crippen LogP contribution in [0, 0.1) is 11.8 Å². The Morgan fingerprint density at radius 1 is 1.00 bits per heavy atom. The predicted molar refractivity (Wildman–Crippen MR) is 125 cm³/mol. The van der Waals surface area contributed by atoms with Crippen LogP contribution in [0.5, 0.6) is 0 Å². The van der Waals surface area contributed by atoms with E-state index in [1.165, 1.54) is 0 Å². The summed E-state index contributed by atoms with van der Waals surface area (Å²) in [4.78, 5) is 23.7. The number of benzene rings is 1. The molecule has 0 saturated heterocycles. The van der Waals surface area contributed by atoms with E-state index in [0.29, 0.717) is 24.9 Å². The molecule has 33 heavy (non-hydrogen) atoms. The third kappa shape index (κ3) is 9.79. The van der Waals surface area contributed by atoms with Gasteiger partial charge in [-0.25, -0.2) is 8.42 Å². The van der Waals surface area contributed by atoms with Gasteiger partial charge in [0.25, 0.3) is 5.91 Å². The van der Waals surface area contributed by atoms with Crippen LogP contribution >= 0.6 is 0 Å². The van der Waals surface area contributed by atoms with Gasteiger partial charge in [-0.15, -0.1) is 0 Å². The summed E-state index contributed by atoms with van der Waals surface area (Å²) in [6.07, 6.45) is 3.14. The van der Waals surface area contributed by atoms with E-state index < -0.39 is 40.1 Å². The molecule has 1 aromatic carbocycles. The lowest BCUT2D eigenvalue weighted by Gasteiger charge is -2.24. The predicted octanol–water partition coefficient (Wildman–Crippen LogP) is 1.54. The first kappa shape index (κ1) is 27.2. The Kier molecular flexibility index (Phi) is 10.7. The van der Waals surface area contributed by atoms with Crippen LogP contribution < -0.4 is 10.0 Å². The minimum atomic E-state index is -3.53. The Morgan fingerprint density at radius 3 is 2.24 bits per heavy atom. The number of aliphatic hydroxyl groups excluding tert-OH is 3. The second kappa shape index (κ2) is 13.0. The maximum atomic E-state index is 12.2. The van der Waals surface area contributed by atoms with Gasteiger partial charge < -0.3 is 20.6 Å². The summed E-state index contributed by atoms with van der Waals surface area (Å²) in [6.45, 7) is 0. The van der Waals surface area contributed by atoms with Crippen molar-refractivity contribution in [3.8, 4) is 0 Å². The number of hydrogen-bond donors (Lipinski definition) is 5. The van der Waals surface area contributed by atoms with Crippen LogP contribution in [0.2, 0.25) is 0 Å². The average Bonchev–Trinajstić information content (AvgIpc) is 3.00. The maximum Gasteiger partial charge on any atom is 0.253 e. The maximum absolute atomic E-state index is 12.2. The van der Waals surface area contributed by atoms with Gasteiger partial charge in [-0.3, -0.25) is 14.3 Å². The number of carbonyl (C=O) groups excluding carboxylic acids is 2. The van der Waals surface area contributed by atoms with Gasteiger partial charge in [0.15, 0.2) is 0 Å². The second-order valence-corrected chi connectivity index (χ2v) is 10.6. The molecule has 0 spiro atoms. The van der Waals surface area contributed by atoms with E-state index in [1.807, 2.05) is 10.8 Å². The molecule has 1 saturated carbocycles. The lowest BCUT2D eigenvalue weighted by atomic mass is 9.85. The van der Waals surface area contributed by atoms with E-state index in [-0.39, 0.29) is 31.1 Å². The first-order valence-corrected chi connectivity index (χ1v) is 13.4. The quantitative estimate of drug-likeness (QED) is 0.266. The van der Waals surface area contributed by atoms with Gasteiger partial charge in [0.1, 0.15) is 6.10 Å². The van der Waals surface area contributed by atoms with Crippen molar-refractivity contribution in [3.05, 3.63) is 30.3 Å². The third-order valence-electron chi connectivity index (χ3n) is 6.13. The molecule has 0 aromatic heterocycles. The van der Waals surface area contributed by atoms with Gasteiger partial charge in [-0.2, -0.15) is 0 Å². The molecule has 1 aromatic rings. The SMILES string of the molecule is CS(=O)(=O)NC(=O)CCCCCC[C@@H]1[C@@H](CCC(O)C(=O)Nc2ccccc2)[C@H](O)C[C@@H]1O. The van der Waals surface area contributed by atoms with Crippen LogP contribution in [-0.2, 0) is 19.6 Å². The molecule has 1 aliphatic carbocycles. The lowest BCUT2D eigenvalue weighted by molar-refractivity contribution is -0.124. The molecule has 1 aliphatic rings. The summed E-state index contributed by atoms with van der Waals surface area (Å²) in [5, 5.41) is 33.6. The zero-order valence-corrected chi connectivity index (χ0v) is 19.8. The highest BCUT2D eigenvalue weighted by Crippen LogP contribution is 2.39. The van der Waals surface area contributed by atoms with Crippen molar-refractivity contribution in [2.24, 2.45) is 11.8 Å². The molecule has 2 rings (SSSR count). The molecule has 1 fully saturated rings. The van der Waals surface area contributed by atoms with Gasteiger partial charge in [0.2, 0.25) is 15.9 Å². The fourth-order valence-electron chi connectivity index (χ4n) is 4.49. The van der Waals surface area contributed by atoms with Gasteiger partial charge in [-0.1, -0.05) is 37.5 Å². The first-order chi connectivity index (χ1) is 15.6. The van der Waals surface area contributed by atoms with Gasteiger partial charge in [0, 0.05) is 12.1 Å². The van der Waals surface area contributed by atoms with Crippen molar-refractivity contribution >= 4 is 27.5 Å². The molecule has 2 amide bonds. The number of rotatable bonds is 13. The van der Waals surface area contributed by atoms with Gasteiger partial charge in [0.05, 0.1) is 18.5 Å². The largest absolute Gasteiger partial charge is 0.393 e. The van der Waals surface area contributed by atoms with Crippen LogP contribution in [0.15, 0.2) is 30.3 Å². The normalized spacial score (nSPS) is 23.8. The van der Waals surface area contributed by atoms with Crippen molar-refractivity contribution in [2.45, 2.75) is 76.1 Å².